The van der Waals surface area contributed by atoms with Crippen LogP contribution in [0.5, 0.6) is 0 Å². The number of amidine groups is 1. The van der Waals surface area contributed by atoms with E-state index < -0.39 is 0 Å². The van der Waals surface area contributed by atoms with E-state index in [0.717, 1.165) is 30.2 Å². The molecular weight excluding hydrogens is 272 g/mol. The summed E-state index contributed by atoms with van der Waals surface area (Å²) in [6, 6.07) is 0. The summed E-state index contributed by atoms with van der Waals surface area (Å²) in [4.78, 5) is 11.2. The van der Waals surface area contributed by atoms with Gasteiger partial charge in [0.25, 0.3) is 0 Å². The maximum Gasteiger partial charge on any atom is 0.156 e. The molecule has 2 aliphatic heterocycles. The third kappa shape index (κ3) is 3.01. The quantitative estimate of drug-likeness (QED) is 0.727. The van der Waals surface area contributed by atoms with Crippen LogP contribution >= 0.6 is 0 Å². The van der Waals surface area contributed by atoms with E-state index in [4.69, 9.17) is 4.99 Å². The zero-order chi connectivity index (χ0) is 16.3. The first-order valence-electron chi connectivity index (χ1n) is 7.62. The van der Waals surface area contributed by atoms with Crippen LogP contribution in [0.15, 0.2) is 65.7 Å². The van der Waals surface area contributed by atoms with Crippen LogP contribution in [0, 0.1) is 0 Å². The largest absolute Gasteiger partial charge is 0.357 e. The molecule has 2 rings (SSSR count). The molecule has 2 aliphatic rings. The van der Waals surface area contributed by atoms with Crippen LogP contribution in [0.4, 0.5) is 0 Å². The van der Waals surface area contributed by atoms with Crippen LogP contribution < -0.4 is 0 Å². The fraction of sp³-hybridized carbons (Fsp3) is 0.389. The molecule has 1 unspecified atom stereocenters. The third-order valence-corrected chi connectivity index (χ3v) is 4.26. The number of nitrogens with zero attached hydrogens (tertiary/aromatic N) is 4. The second-order valence-electron chi connectivity index (χ2n) is 5.64. The van der Waals surface area contributed by atoms with Crippen LogP contribution in [-0.4, -0.2) is 47.8 Å². The highest BCUT2D eigenvalue weighted by Crippen LogP contribution is 2.30. The van der Waals surface area contributed by atoms with Crippen LogP contribution in [-0.2, 0) is 0 Å². The Kier molecular flexibility index (Phi) is 4.91. The molecule has 0 aromatic rings. The molecule has 0 N–H and O–H groups in total. The lowest BCUT2D eigenvalue weighted by Crippen LogP contribution is -2.34. The van der Waals surface area contributed by atoms with Gasteiger partial charge in [-0.2, -0.15) is 0 Å². The number of likely N-dealkylation sites (N-methyl/N-ethyl adjacent to an activating group) is 2. The molecule has 0 radical (unpaired) electrons. The summed E-state index contributed by atoms with van der Waals surface area (Å²) in [5.41, 5.74) is 2.42. The summed E-state index contributed by atoms with van der Waals surface area (Å²) in [6.07, 6.45) is 12.3. The standard InChI is InChI=1S/C18H26N4/c1-7-9-10-15(8-2)11-12-17-19-18-16(13-20(17)4)21(5)14(3)22(18)6/h7-10,13,17H,1,3,11-12H2,2,4-6H3/b10-9-,15-8+. The molecule has 1 saturated heterocycles. The van der Waals surface area contributed by atoms with Gasteiger partial charge in [0.15, 0.2) is 5.84 Å². The zero-order valence-electron chi connectivity index (χ0n) is 14.1. The fourth-order valence-electron chi connectivity index (χ4n) is 2.70. The molecule has 1 atom stereocenters. The fourth-order valence-corrected chi connectivity index (χ4v) is 2.70. The van der Waals surface area contributed by atoms with Gasteiger partial charge in [-0.1, -0.05) is 43.0 Å². The van der Waals surface area contributed by atoms with Crippen molar-refractivity contribution in [1.29, 1.82) is 0 Å². The van der Waals surface area contributed by atoms with E-state index in [1.54, 1.807) is 6.08 Å². The second kappa shape index (κ2) is 6.69. The molecule has 118 valence electrons. The number of hydrogen-bond acceptors (Lipinski definition) is 4. The molecule has 0 bridgehead atoms. The van der Waals surface area contributed by atoms with Crippen molar-refractivity contribution < 1.29 is 0 Å². The van der Waals surface area contributed by atoms with E-state index in [1.165, 1.54) is 5.57 Å². The van der Waals surface area contributed by atoms with Crippen LogP contribution in [0.3, 0.4) is 0 Å². The number of aliphatic imine (C=N–C) groups is 1. The Balaban J connectivity index is 2.10. The Morgan fingerprint density at radius 3 is 2.68 bits per heavy atom. The van der Waals surface area contributed by atoms with Crippen molar-refractivity contribution in [1.82, 2.24) is 14.7 Å². The van der Waals surface area contributed by atoms with Crippen molar-refractivity contribution in [3.8, 4) is 0 Å². The molecule has 0 aromatic heterocycles. The van der Waals surface area contributed by atoms with E-state index in [-0.39, 0.29) is 6.17 Å². The van der Waals surface area contributed by atoms with Crippen molar-refractivity contribution in [2.75, 3.05) is 21.1 Å². The molecule has 0 aromatic carbocycles. The van der Waals surface area contributed by atoms with Gasteiger partial charge in [0.05, 0.1) is 0 Å². The average molecular weight is 298 g/mol. The van der Waals surface area contributed by atoms with Gasteiger partial charge in [-0.15, -0.1) is 0 Å². The number of hydrogen-bond donors (Lipinski definition) is 0. The molecule has 4 heteroatoms. The molecule has 0 spiro atoms. The minimum Gasteiger partial charge on any atom is -0.357 e. The molecule has 22 heavy (non-hydrogen) atoms. The van der Waals surface area contributed by atoms with Crippen LogP contribution in [0.2, 0.25) is 0 Å². The second-order valence-corrected chi connectivity index (χ2v) is 5.64. The minimum atomic E-state index is 0.160. The Hall–Kier alpha value is -2.23. The Morgan fingerprint density at radius 1 is 1.32 bits per heavy atom. The topological polar surface area (TPSA) is 22.1 Å². The molecule has 1 fully saturated rings. The van der Waals surface area contributed by atoms with Gasteiger partial charge in [0.1, 0.15) is 17.7 Å². The maximum atomic E-state index is 4.92. The molecule has 4 nitrogen and oxygen atoms in total. The van der Waals surface area contributed by atoms with Crippen LogP contribution in [0.25, 0.3) is 0 Å². The van der Waals surface area contributed by atoms with Crippen molar-refractivity contribution in [2.24, 2.45) is 4.99 Å². The summed E-state index contributed by atoms with van der Waals surface area (Å²) in [5.74, 6) is 1.97. The number of rotatable bonds is 5. The average Bonchev–Trinajstić information content (AvgIpc) is 2.72. The first-order valence-corrected chi connectivity index (χ1v) is 7.62. The van der Waals surface area contributed by atoms with Gasteiger partial charge in [-0.05, 0) is 19.8 Å². The third-order valence-electron chi connectivity index (χ3n) is 4.26. The predicted molar refractivity (Wildman–Crippen MR) is 94.1 cm³/mol. The lowest BCUT2D eigenvalue weighted by molar-refractivity contribution is 0.310. The van der Waals surface area contributed by atoms with Crippen molar-refractivity contribution in [2.45, 2.75) is 25.9 Å². The van der Waals surface area contributed by atoms with Gasteiger partial charge < -0.3 is 14.7 Å². The van der Waals surface area contributed by atoms with E-state index in [2.05, 4.69) is 60.2 Å². The summed E-state index contributed by atoms with van der Waals surface area (Å²) in [5, 5.41) is 0. The Labute approximate surface area is 134 Å². The summed E-state index contributed by atoms with van der Waals surface area (Å²) < 4.78 is 0. The van der Waals surface area contributed by atoms with Gasteiger partial charge in [-0.3, -0.25) is 0 Å². The zero-order valence-corrected chi connectivity index (χ0v) is 14.1. The summed E-state index contributed by atoms with van der Waals surface area (Å²) in [7, 11) is 6.13. The molecule has 0 aliphatic carbocycles. The van der Waals surface area contributed by atoms with Gasteiger partial charge >= 0.3 is 0 Å². The maximum absolute atomic E-state index is 4.92. The SMILES string of the molecule is C=C/C=C\C(=C/C)CCC1N=C2C(=CN1C)N(C)C(=C)N2C. The normalized spacial score (nSPS) is 22.2. The lowest BCUT2D eigenvalue weighted by Gasteiger charge is -2.29. The molecule has 0 amide bonds. The highest BCUT2D eigenvalue weighted by Gasteiger charge is 2.34. The Bertz CT molecular complexity index is 580. The first-order chi connectivity index (χ1) is 10.5. The van der Waals surface area contributed by atoms with Gasteiger partial charge in [0.2, 0.25) is 0 Å². The smallest absolute Gasteiger partial charge is 0.156 e. The monoisotopic (exact) mass is 298 g/mol. The highest BCUT2D eigenvalue weighted by molar-refractivity contribution is 6.01. The number of allylic oxidation sites excluding steroid dienone is 5. The molecule has 0 saturated carbocycles. The predicted octanol–water partition coefficient (Wildman–Crippen LogP) is 3.31. The van der Waals surface area contributed by atoms with Gasteiger partial charge in [-0.25, -0.2) is 4.99 Å². The van der Waals surface area contributed by atoms with E-state index in [9.17, 15) is 0 Å². The molecular formula is C18H26N4. The molecule has 2 heterocycles. The summed E-state index contributed by atoms with van der Waals surface area (Å²) in [6.45, 7) is 9.88. The van der Waals surface area contributed by atoms with Crippen molar-refractivity contribution in [3.63, 3.8) is 0 Å². The van der Waals surface area contributed by atoms with Crippen molar-refractivity contribution in [3.05, 3.63) is 60.8 Å². The Morgan fingerprint density at radius 2 is 2.05 bits per heavy atom. The van der Waals surface area contributed by atoms with E-state index in [1.807, 2.05) is 20.2 Å². The van der Waals surface area contributed by atoms with Crippen LogP contribution in [0.1, 0.15) is 19.8 Å². The van der Waals surface area contributed by atoms with E-state index in [0.29, 0.717) is 0 Å². The van der Waals surface area contributed by atoms with Crippen molar-refractivity contribution >= 4 is 5.84 Å². The van der Waals surface area contributed by atoms with E-state index >= 15 is 0 Å². The minimum absolute atomic E-state index is 0.160. The highest BCUT2D eigenvalue weighted by atomic mass is 15.4. The summed E-state index contributed by atoms with van der Waals surface area (Å²) >= 11 is 0. The lowest BCUT2D eigenvalue weighted by atomic mass is 10.1. The van der Waals surface area contributed by atoms with Gasteiger partial charge in [0, 0.05) is 27.3 Å². The number of fused-ring (bicyclic) bond motifs is 1. The first kappa shape index (κ1) is 16.1.